The summed E-state index contributed by atoms with van der Waals surface area (Å²) in [5.74, 6) is -0.876. The lowest BCUT2D eigenvalue weighted by molar-refractivity contribution is -0.140. The number of aromatic nitrogens is 2. The van der Waals surface area contributed by atoms with Gasteiger partial charge in [-0.3, -0.25) is 19.0 Å². The topological polar surface area (TPSA) is 90.3 Å². The lowest BCUT2D eigenvalue weighted by Gasteiger charge is -2.20. The summed E-state index contributed by atoms with van der Waals surface area (Å²) >= 11 is 4.55. The summed E-state index contributed by atoms with van der Waals surface area (Å²) in [5, 5.41) is 3.41. The Morgan fingerprint density at radius 3 is 2.67 bits per heavy atom. The molecule has 7 nitrogen and oxygen atoms in total. The quantitative estimate of drug-likeness (QED) is 0.311. The van der Waals surface area contributed by atoms with Crippen LogP contribution in [-0.2, 0) is 14.3 Å². The van der Waals surface area contributed by atoms with E-state index >= 15 is 0 Å². The third-order valence-electron chi connectivity index (χ3n) is 4.49. The predicted octanol–water partition coefficient (Wildman–Crippen LogP) is 3.15. The number of benzene rings is 2. The maximum absolute atomic E-state index is 13.3. The van der Waals surface area contributed by atoms with E-state index in [-0.39, 0.29) is 29.8 Å². The van der Waals surface area contributed by atoms with Crippen LogP contribution in [0.1, 0.15) is 18.5 Å². The number of hydrogen-bond donors (Lipinski definition) is 1. The van der Waals surface area contributed by atoms with Gasteiger partial charge >= 0.3 is 5.97 Å². The van der Waals surface area contributed by atoms with Crippen molar-refractivity contribution in [2.45, 2.75) is 18.1 Å². The van der Waals surface area contributed by atoms with Crippen LogP contribution >= 0.6 is 27.7 Å². The van der Waals surface area contributed by atoms with Crippen LogP contribution in [-0.4, -0.2) is 40.8 Å². The summed E-state index contributed by atoms with van der Waals surface area (Å²) in [6.07, 6.45) is 0. The average molecular weight is 490 g/mol. The fraction of sp³-hybridized carbons (Fsp3) is 0.238. The Kier molecular flexibility index (Phi) is 7.28. The van der Waals surface area contributed by atoms with Crippen LogP contribution in [0.5, 0.6) is 0 Å². The van der Waals surface area contributed by atoms with Gasteiger partial charge in [0.1, 0.15) is 6.54 Å². The molecule has 0 saturated carbocycles. The van der Waals surface area contributed by atoms with Crippen molar-refractivity contribution in [3.05, 3.63) is 68.9 Å². The summed E-state index contributed by atoms with van der Waals surface area (Å²) in [6, 6.07) is 14.7. The number of rotatable bonds is 7. The number of hydrogen-bond acceptors (Lipinski definition) is 6. The smallest absolute Gasteiger partial charge is 0.325 e. The van der Waals surface area contributed by atoms with Crippen LogP contribution in [0.3, 0.4) is 0 Å². The second-order valence-electron chi connectivity index (χ2n) is 6.46. The molecule has 3 rings (SSSR count). The van der Waals surface area contributed by atoms with Crippen molar-refractivity contribution in [1.29, 1.82) is 0 Å². The fourth-order valence-corrected chi connectivity index (χ4v) is 4.16. The summed E-state index contributed by atoms with van der Waals surface area (Å²) in [5.41, 5.74) is 1.32. The van der Waals surface area contributed by atoms with E-state index in [1.165, 1.54) is 7.11 Å². The Balaban J connectivity index is 1.97. The Bertz CT molecular complexity index is 1130. The number of thioether (sulfide) groups is 1. The minimum atomic E-state index is -0.530. The molecule has 0 saturated heterocycles. The molecule has 3 aromatic rings. The molecule has 1 atom stereocenters. The third-order valence-corrected chi connectivity index (χ3v) is 5.94. The van der Waals surface area contributed by atoms with E-state index in [1.807, 2.05) is 43.3 Å². The molecule has 0 radical (unpaired) electrons. The zero-order valence-electron chi connectivity index (χ0n) is 16.4. The monoisotopic (exact) mass is 489 g/mol. The molecule has 0 spiro atoms. The van der Waals surface area contributed by atoms with Crippen molar-refractivity contribution in [1.82, 2.24) is 14.9 Å². The first-order valence-electron chi connectivity index (χ1n) is 9.13. The van der Waals surface area contributed by atoms with Crippen molar-refractivity contribution in [2.24, 2.45) is 0 Å². The molecule has 9 heteroatoms. The van der Waals surface area contributed by atoms with Crippen molar-refractivity contribution in [3.8, 4) is 0 Å². The van der Waals surface area contributed by atoms with E-state index in [4.69, 9.17) is 0 Å². The van der Waals surface area contributed by atoms with Gasteiger partial charge in [-0.25, -0.2) is 4.98 Å². The normalized spacial score (nSPS) is 11.8. The van der Waals surface area contributed by atoms with Crippen LogP contribution in [0.25, 0.3) is 10.9 Å². The Labute approximate surface area is 186 Å². The molecule has 0 fully saturated rings. The molecule has 2 aromatic carbocycles. The highest BCUT2D eigenvalue weighted by Gasteiger charge is 2.19. The third kappa shape index (κ3) is 5.09. The molecule has 1 heterocycles. The molecule has 0 aliphatic carbocycles. The maximum atomic E-state index is 13.3. The Morgan fingerprint density at radius 2 is 1.97 bits per heavy atom. The molecular weight excluding hydrogens is 470 g/mol. The molecular formula is C21H20BrN3O4S. The van der Waals surface area contributed by atoms with E-state index < -0.39 is 5.97 Å². The average Bonchev–Trinajstić information content (AvgIpc) is 2.76. The summed E-state index contributed by atoms with van der Waals surface area (Å²) < 4.78 is 6.90. The second-order valence-corrected chi connectivity index (χ2v) is 8.32. The van der Waals surface area contributed by atoms with Crippen LogP contribution in [0.2, 0.25) is 0 Å². The molecule has 0 aliphatic rings. The molecule has 1 unspecified atom stereocenters. The predicted molar refractivity (Wildman–Crippen MR) is 120 cm³/mol. The Hall–Kier alpha value is -2.65. The first kappa shape index (κ1) is 22.0. The first-order valence-corrected chi connectivity index (χ1v) is 10.9. The van der Waals surface area contributed by atoms with Gasteiger partial charge in [0.05, 0.1) is 29.8 Å². The number of carbonyl (C=O) groups excluding carboxylic acids is 2. The minimum absolute atomic E-state index is 0.00692. The van der Waals surface area contributed by atoms with E-state index in [0.29, 0.717) is 16.1 Å². The zero-order valence-corrected chi connectivity index (χ0v) is 18.8. The van der Waals surface area contributed by atoms with Crippen molar-refractivity contribution >= 4 is 50.5 Å². The summed E-state index contributed by atoms with van der Waals surface area (Å²) in [4.78, 5) is 41.3. The SMILES string of the molecule is COC(=O)CNC(=O)CSc1nc2ccc(Br)cc2c(=O)n1C(C)c1ccccc1. The highest BCUT2D eigenvalue weighted by atomic mass is 79.9. The number of esters is 1. The highest BCUT2D eigenvalue weighted by Crippen LogP contribution is 2.25. The fourth-order valence-electron chi connectivity index (χ4n) is 2.90. The number of nitrogens with one attached hydrogen (secondary N) is 1. The van der Waals surface area contributed by atoms with Crippen molar-refractivity contribution in [2.75, 3.05) is 19.4 Å². The molecule has 1 N–H and O–H groups in total. The van der Waals surface area contributed by atoms with Gasteiger partial charge in [0, 0.05) is 4.47 Å². The van der Waals surface area contributed by atoms with Gasteiger partial charge in [-0.2, -0.15) is 0 Å². The van der Waals surface area contributed by atoms with Crippen LogP contribution < -0.4 is 10.9 Å². The lowest BCUT2D eigenvalue weighted by Crippen LogP contribution is -2.32. The number of nitrogens with zero attached hydrogens (tertiary/aromatic N) is 2. The first-order chi connectivity index (χ1) is 14.4. The largest absolute Gasteiger partial charge is 0.468 e. The van der Waals surface area contributed by atoms with Gasteiger partial charge < -0.3 is 10.1 Å². The summed E-state index contributed by atoms with van der Waals surface area (Å²) in [7, 11) is 1.25. The number of fused-ring (bicyclic) bond motifs is 1. The zero-order chi connectivity index (χ0) is 21.7. The van der Waals surface area contributed by atoms with E-state index in [1.54, 1.807) is 16.7 Å². The van der Waals surface area contributed by atoms with E-state index in [2.05, 4.69) is 31.0 Å². The number of carbonyl (C=O) groups is 2. The molecule has 1 amide bonds. The number of halogens is 1. The van der Waals surface area contributed by atoms with Crippen LogP contribution in [0.4, 0.5) is 0 Å². The lowest BCUT2D eigenvalue weighted by atomic mass is 10.1. The van der Waals surface area contributed by atoms with Crippen LogP contribution in [0.15, 0.2) is 63.0 Å². The van der Waals surface area contributed by atoms with Gasteiger partial charge in [0.2, 0.25) is 5.91 Å². The second kappa shape index (κ2) is 9.90. The number of amides is 1. The van der Waals surface area contributed by atoms with Gasteiger partial charge in [0.15, 0.2) is 5.16 Å². The van der Waals surface area contributed by atoms with E-state index in [9.17, 15) is 14.4 Å². The minimum Gasteiger partial charge on any atom is -0.468 e. The van der Waals surface area contributed by atoms with Gasteiger partial charge in [-0.15, -0.1) is 0 Å². The molecule has 0 bridgehead atoms. The molecule has 1 aromatic heterocycles. The highest BCUT2D eigenvalue weighted by molar-refractivity contribution is 9.10. The van der Waals surface area contributed by atoms with Gasteiger partial charge in [0.25, 0.3) is 5.56 Å². The molecule has 156 valence electrons. The summed E-state index contributed by atoms with van der Waals surface area (Å²) in [6.45, 7) is 1.71. The van der Waals surface area contributed by atoms with Gasteiger partial charge in [-0.1, -0.05) is 58.0 Å². The van der Waals surface area contributed by atoms with Crippen molar-refractivity contribution < 1.29 is 14.3 Å². The maximum Gasteiger partial charge on any atom is 0.325 e. The molecule has 0 aliphatic heterocycles. The van der Waals surface area contributed by atoms with E-state index in [0.717, 1.165) is 21.8 Å². The standard InChI is InChI=1S/C21H20BrN3O4S/c1-13(14-6-4-3-5-7-14)25-20(28)16-10-15(22)8-9-17(16)24-21(25)30-12-18(26)23-11-19(27)29-2/h3-10,13H,11-12H2,1-2H3,(H,23,26). The van der Waals surface area contributed by atoms with Crippen molar-refractivity contribution in [3.63, 3.8) is 0 Å². The van der Waals surface area contributed by atoms with Gasteiger partial charge in [-0.05, 0) is 30.7 Å². The molecule has 30 heavy (non-hydrogen) atoms. The number of methoxy groups -OCH3 is 1. The number of ether oxygens (including phenoxy) is 1. The Morgan fingerprint density at radius 1 is 1.23 bits per heavy atom. The van der Waals surface area contributed by atoms with Crippen LogP contribution in [0, 0.1) is 0 Å².